The van der Waals surface area contributed by atoms with Crippen molar-refractivity contribution in [3.63, 3.8) is 0 Å². The average molecular weight is 380 g/mol. The lowest BCUT2D eigenvalue weighted by atomic mass is 9.69. The molecule has 7 heteroatoms. The highest BCUT2D eigenvalue weighted by molar-refractivity contribution is 6.36. The highest BCUT2D eigenvalue weighted by atomic mass is 35.5. The van der Waals surface area contributed by atoms with Crippen LogP contribution in [0.1, 0.15) is 40.5 Å². The molecule has 0 saturated carbocycles. The second kappa shape index (κ2) is 6.13. The molecular formula is C19H16ClF2NO3. The van der Waals surface area contributed by atoms with E-state index in [1.807, 2.05) is 0 Å². The van der Waals surface area contributed by atoms with E-state index < -0.39 is 23.9 Å². The number of carbonyl (C=O) groups is 1. The van der Waals surface area contributed by atoms with Gasteiger partial charge in [-0.1, -0.05) is 35.9 Å². The summed E-state index contributed by atoms with van der Waals surface area (Å²) in [6.07, 6.45) is -2.31. The van der Waals surface area contributed by atoms with E-state index in [1.165, 1.54) is 12.1 Å². The number of hydrogen-bond acceptors (Lipinski definition) is 3. The van der Waals surface area contributed by atoms with Crippen molar-refractivity contribution in [1.29, 1.82) is 0 Å². The van der Waals surface area contributed by atoms with Crippen molar-refractivity contribution in [3.05, 3.63) is 58.1 Å². The minimum atomic E-state index is -1.61. The number of rotatable bonds is 1. The number of ether oxygens (including phenoxy) is 1. The van der Waals surface area contributed by atoms with Gasteiger partial charge in [-0.2, -0.15) is 0 Å². The summed E-state index contributed by atoms with van der Waals surface area (Å²) >= 11 is 6.16. The van der Waals surface area contributed by atoms with Crippen LogP contribution >= 0.6 is 11.6 Å². The van der Waals surface area contributed by atoms with Crippen LogP contribution in [-0.4, -0.2) is 24.0 Å². The molecule has 4 rings (SSSR count). The van der Waals surface area contributed by atoms with Crippen LogP contribution in [0.5, 0.6) is 5.75 Å². The molecule has 1 aliphatic carbocycles. The van der Waals surface area contributed by atoms with E-state index >= 15 is 4.39 Å². The fourth-order valence-electron chi connectivity index (χ4n) is 3.83. The van der Waals surface area contributed by atoms with Crippen LogP contribution in [0.25, 0.3) is 0 Å². The zero-order valence-electron chi connectivity index (χ0n) is 13.6. The van der Waals surface area contributed by atoms with Gasteiger partial charge in [0.1, 0.15) is 18.5 Å². The van der Waals surface area contributed by atoms with Gasteiger partial charge in [0.15, 0.2) is 6.30 Å². The molecule has 2 aromatic carbocycles. The molecule has 0 bridgehead atoms. The Kier molecular flexibility index (Phi) is 4.03. The number of halogens is 3. The number of benzene rings is 2. The van der Waals surface area contributed by atoms with Crippen LogP contribution in [0.3, 0.4) is 0 Å². The van der Waals surface area contributed by atoms with Crippen LogP contribution < -0.4 is 10.1 Å². The highest BCUT2D eigenvalue weighted by Gasteiger charge is 2.49. The van der Waals surface area contributed by atoms with Gasteiger partial charge in [0.2, 0.25) is 0 Å². The number of carboxylic acids is 1. The molecule has 2 N–H and O–H groups in total. The molecule has 0 amide bonds. The summed E-state index contributed by atoms with van der Waals surface area (Å²) in [4.78, 5) is 11.3. The zero-order valence-corrected chi connectivity index (χ0v) is 14.4. The van der Waals surface area contributed by atoms with Gasteiger partial charge in [-0.25, -0.2) is 13.6 Å². The molecule has 1 spiro atoms. The normalized spacial score (nSPS) is 26.9. The molecular weight excluding hydrogens is 364 g/mol. The maximum absolute atomic E-state index is 15.5. The van der Waals surface area contributed by atoms with E-state index in [0.717, 1.165) is 0 Å². The minimum absolute atomic E-state index is 0.000642. The van der Waals surface area contributed by atoms with Crippen molar-refractivity contribution in [1.82, 2.24) is 0 Å². The van der Waals surface area contributed by atoms with Gasteiger partial charge < -0.3 is 15.2 Å². The molecule has 1 aliphatic heterocycles. The maximum Gasteiger partial charge on any atom is 0.337 e. The molecule has 0 saturated heterocycles. The Morgan fingerprint density at radius 3 is 2.81 bits per heavy atom. The molecule has 26 heavy (non-hydrogen) atoms. The Morgan fingerprint density at radius 1 is 1.27 bits per heavy atom. The van der Waals surface area contributed by atoms with E-state index in [0.29, 0.717) is 11.1 Å². The number of alkyl halides is 2. The number of anilines is 1. The fraction of sp³-hybridized carbons (Fsp3) is 0.316. The van der Waals surface area contributed by atoms with E-state index in [-0.39, 0.29) is 41.5 Å². The Balaban J connectivity index is 1.81. The van der Waals surface area contributed by atoms with Crippen molar-refractivity contribution in [2.24, 2.45) is 0 Å². The predicted octanol–water partition coefficient (Wildman–Crippen LogP) is 4.88. The zero-order chi connectivity index (χ0) is 18.5. The van der Waals surface area contributed by atoms with Gasteiger partial charge in [0.05, 0.1) is 21.7 Å². The number of fused-ring (bicyclic) bond motifs is 3. The molecule has 0 fully saturated rings. The lowest BCUT2D eigenvalue weighted by Crippen LogP contribution is -2.47. The van der Waals surface area contributed by atoms with Crippen LogP contribution in [-0.2, 0) is 5.41 Å². The highest BCUT2D eigenvalue weighted by Crippen LogP contribution is 2.50. The quantitative estimate of drug-likeness (QED) is 0.693. The van der Waals surface area contributed by atoms with Gasteiger partial charge in [0.25, 0.3) is 0 Å². The third-order valence-corrected chi connectivity index (χ3v) is 5.65. The molecule has 1 heterocycles. The molecule has 0 aromatic heterocycles. The summed E-state index contributed by atoms with van der Waals surface area (Å²) < 4.78 is 35.6. The smallest absolute Gasteiger partial charge is 0.337 e. The van der Waals surface area contributed by atoms with Crippen molar-refractivity contribution in [3.8, 4) is 5.75 Å². The number of nitrogens with one attached hydrogen (secondary N) is 1. The summed E-state index contributed by atoms with van der Waals surface area (Å²) in [5.74, 6) is -0.934. The SMILES string of the molecule is O=C(O)c1ccc2c(c1Cl)N[C@@H](F)C1(CCC(F)c3ccccc31)CO2. The van der Waals surface area contributed by atoms with E-state index in [9.17, 15) is 14.3 Å². The largest absolute Gasteiger partial charge is 0.490 e. The van der Waals surface area contributed by atoms with Crippen LogP contribution in [0.15, 0.2) is 36.4 Å². The minimum Gasteiger partial charge on any atom is -0.490 e. The van der Waals surface area contributed by atoms with Gasteiger partial charge in [-0.15, -0.1) is 0 Å². The Labute approximate surface area is 153 Å². The first-order chi connectivity index (χ1) is 12.4. The summed E-state index contributed by atoms with van der Waals surface area (Å²) in [7, 11) is 0. The Bertz CT molecular complexity index is 891. The Hall–Kier alpha value is -2.34. The van der Waals surface area contributed by atoms with Gasteiger partial charge in [-0.05, 0) is 36.1 Å². The van der Waals surface area contributed by atoms with Crippen LogP contribution in [0.2, 0.25) is 5.02 Å². The third-order valence-electron chi connectivity index (χ3n) is 5.25. The van der Waals surface area contributed by atoms with E-state index in [1.54, 1.807) is 24.3 Å². The van der Waals surface area contributed by atoms with Gasteiger partial charge in [0, 0.05) is 0 Å². The van der Waals surface area contributed by atoms with Crippen molar-refractivity contribution in [2.75, 3.05) is 11.9 Å². The Morgan fingerprint density at radius 2 is 2.04 bits per heavy atom. The van der Waals surface area contributed by atoms with Gasteiger partial charge >= 0.3 is 5.97 Å². The standard InChI is InChI=1S/C19H16ClF2NO3/c20-15-11(17(24)25)5-6-14-16(15)23-18(22)19(9-26-14)8-7-13(21)10-3-1-2-4-12(10)19/h1-6,13,18,23H,7-9H2,(H,24,25)/t13?,18-,19?/m1/s1. The molecule has 2 aliphatic rings. The summed E-state index contributed by atoms with van der Waals surface area (Å²) in [6, 6.07) is 9.64. The van der Waals surface area contributed by atoms with Crippen LogP contribution in [0, 0.1) is 0 Å². The summed E-state index contributed by atoms with van der Waals surface area (Å²) in [6.45, 7) is 0.000642. The second-order valence-corrected chi connectivity index (χ2v) is 7.03. The number of hydrogen-bond donors (Lipinski definition) is 2. The lowest BCUT2D eigenvalue weighted by Gasteiger charge is -2.40. The maximum atomic E-state index is 15.5. The fourth-order valence-corrected chi connectivity index (χ4v) is 4.13. The van der Waals surface area contributed by atoms with Crippen molar-refractivity contribution < 1.29 is 23.4 Å². The van der Waals surface area contributed by atoms with E-state index in [4.69, 9.17) is 16.3 Å². The van der Waals surface area contributed by atoms with Crippen molar-refractivity contribution >= 4 is 23.3 Å². The van der Waals surface area contributed by atoms with Crippen LogP contribution in [0.4, 0.5) is 14.5 Å². The third kappa shape index (κ3) is 2.43. The summed E-state index contributed by atoms with van der Waals surface area (Å²) in [5.41, 5.74) is -0.0742. The van der Waals surface area contributed by atoms with Crippen molar-refractivity contribution in [2.45, 2.75) is 30.7 Å². The molecule has 0 radical (unpaired) electrons. The first-order valence-corrected chi connectivity index (χ1v) is 8.64. The number of carboxylic acid groups (broad SMARTS) is 1. The first-order valence-electron chi connectivity index (χ1n) is 8.27. The first kappa shape index (κ1) is 17.1. The van der Waals surface area contributed by atoms with Gasteiger partial charge in [-0.3, -0.25) is 0 Å². The second-order valence-electron chi connectivity index (χ2n) is 6.65. The predicted molar refractivity (Wildman–Crippen MR) is 93.6 cm³/mol. The molecule has 3 atom stereocenters. The molecule has 136 valence electrons. The average Bonchev–Trinajstić information content (AvgIpc) is 2.77. The molecule has 4 nitrogen and oxygen atoms in total. The molecule has 2 aromatic rings. The lowest BCUT2D eigenvalue weighted by molar-refractivity contribution is 0.0697. The topological polar surface area (TPSA) is 58.6 Å². The monoisotopic (exact) mass is 379 g/mol. The molecule has 2 unspecified atom stereocenters. The number of aromatic carboxylic acids is 1. The summed E-state index contributed by atoms with van der Waals surface area (Å²) in [5, 5.41) is 11.8. The van der Waals surface area contributed by atoms with E-state index in [2.05, 4.69) is 5.32 Å².